The monoisotopic (exact) mass is 472 g/mol. The van der Waals surface area contributed by atoms with Gasteiger partial charge in [0, 0.05) is 43.0 Å². The quantitative estimate of drug-likeness (QED) is 0.506. The number of piperazine rings is 1. The third-order valence-electron chi connectivity index (χ3n) is 5.28. The maximum Gasteiger partial charge on any atom is 0.232 e. The third-order valence-corrected chi connectivity index (χ3v) is 5.83. The number of benzene rings is 2. The third kappa shape index (κ3) is 5.59. The van der Waals surface area contributed by atoms with Gasteiger partial charge < -0.3 is 19.9 Å². The summed E-state index contributed by atoms with van der Waals surface area (Å²) in [6.07, 6.45) is 0.247. The molecule has 1 saturated heterocycles. The highest BCUT2D eigenvalue weighted by Crippen LogP contribution is 2.32. The van der Waals surface area contributed by atoms with E-state index in [-0.39, 0.29) is 0 Å². The van der Waals surface area contributed by atoms with Crippen LogP contribution in [0.5, 0.6) is 5.75 Å². The van der Waals surface area contributed by atoms with E-state index in [0.29, 0.717) is 39.9 Å². The molecule has 32 heavy (non-hydrogen) atoms. The van der Waals surface area contributed by atoms with E-state index in [1.54, 1.807) is 18.2 Å². The summed E-state index contributed by atoms with van der Waals surface area (Å²) in [6, 6.07) is 15.0. The van der Waals surface area contributed by atoms with Crippen LogP contribution in [0.25, 0.3) is 0 Å². The van der Waals surface area contributed by atoms with Crippen molar-refractivity contribution in [2.75, 3.05) is 43.4 Å². The summed E-state index contributed by atoms with van der Waals surface area (Å²) >= 11 is 12.5. The lowest BCUT2D eigenvalue weighted by Gasteiger charge is -2.32. The highest BCUT2D eigenvalue weighted by molar-refractivity contribution is 6.34. The molecule has 1 atom stereocenters. The summed E-state index contributed by atoms with van der Waals surface area (Å²) < 4.78 is 6.20. The van der Waals surface area contributed by atoms with E-state index in [4.69, 9.17) is 37.9 Å². The standard InChI is InChI=1S/C23H26Cl2N6O/c1-3-19(32-20-15-16(24)9-10-18(20)25)21-27-22(26-17-7-5-4-6-8-17)29-23(28-21)31-13-11-30(2)12-14-31/h4-10,15,19H,3,11-14H2,1-2H3,(H,26,27,28,29). The number of hydrogen-bond acceptors (Lipinski definition) is 7. The maximum absolute atomic E-state index is 6.33. The number of halogens is 2. The molecule has 0 radical (unpaired) electrons. The van der Waals surface area contributed by atoms with E-state index >= 15 is 0 Å². The molecule has 2 heterocycles. The Morgan fingerprint density at radius 1 is 1.00 bits per heavy atom. The van der Waals surface area contributed by atoms with Gasteiger partial charge in [0.05, 0.1) is 5.02 Å². The lowest BCUT2D eigenvalue weighted by atomic mass is 10.2. The second-order valence-electron chi connectivity index (χ2n) is 7.69. The molecule has 0 bridgehead atoms. The molecule has 1 N–H and O–H groups in total. The lowest BCUT2D eigenvalue weighted by molar-refractivity contribution is 0.191. The first-order chi connectivity index (χ1) is 15.5. The second kappa shape index (κ2) is 10.3. The Hall–Kier alpha value is -2.61. The summed E-state index contributed by atoms with van der Waals surface area (Å²) in [5.74, 6) is 2.17. The normalized spacial score (nSPS) is 15.4. The number of para-hydroxylation sites is 1. The lowest BCUT2D eigenvalue weighted by Crippen LogP contribution is -2.45. The van der Waals surface area contributed by atoms with Gasteiger partial charge >= 0.3 is 0 Å². The highest BCUT2D eigenvalue weighted by atomic mass is 35.5. The maximum atomic E-state index is 6.33. The molecular weight excluding hydrogens is 447 g/mol. The van der Waals surface area contributed by atoms with Crippen LogP contribution < -0.4 is 15.0 Å². The number of hydrogen-bond donors (Lipinski definition) is 1. The molecule has 1 unspecified atom stereocenters. The summed E-state index contributed by atoms with van der Waals surface area (Å²) in [7, 11) is 2.12. The fraction of sp³-hybridized carbons (Fsp3) is 0.348. The first-order valence-corrected chi connectivity index (χ1v) is 11.4. The fourth-order valence-corrected chi connectivity index (χ4v) is 3.74. The van der Waals surface area contributed by atoms with Crippen LogP contribution in [0.2, 0.25) is 10.0 Å². The zero-order valence-corrected chi connectivity index (χ0v) is 19.6. The molecule has 7 nitrogen and oxygen atoms in total. The van der Waals surface area contributed by atoms with E-state index in [1.807, 2.05) is 37.3 Å². The Morgan fingerprint density at radius 2 is 1.75 bits per heavy atom. The minimum Gasteiger partial charge on any atom is -0.481 e. The van der Waals surface area contributed by atoms with Gasteiger partial charge in [0.1, 0.15) is 5.75 Å². The van der Waals surface area contributed by atoms with E-state index in [1.165, 1.54) is 0 Å². The molecule has 3 aromatic rings. The Balaban J connectivity index is 1.67. The predicted molar refractivity (Wildman–Crippen MR) is 129 cm³/mol. The van der Waals surface area contributed by atoms with Crippen LogP contribution in [0.1, 0.15) is 25.3 Å². The molecule has 0 aliphatic carbocycles. The van der Waals surface area contributed by atoms with E-state index in [0.717, 1.165) is 31.9 Å². The van der Waals surface area contributed by atoms with Crippen LogP contribution in [-0.2, 0) is 0 Å². The number of ether oxygens (including phenoxy) is 1. The van der Waals surface area contributed by atoms with Crippen molar-refractivity contribution < 1.29 is 4.74 Å². The van der Waals surface area contributed by atoms with Gasteiger partial charge in [-0.3, -0.25) is 0 Å². The van der Waals surface area contributed by atoms with Gasteiger partial charge in [-0.15, -0.1) is 0 Å². The largest absolute Gasteiger partial charge is 0.481 e. The Kier molecular flexibility index (Phi) is 7.29. The molecule has 1 aromatic heterocycles. The van der Waals surface area contributed by atoms with Crippen molar-refractivity contribution in [2.24, 2.45) is 0 Å². The van der Waals surface area contributed by atoms with Crippen LogP contribution in [0.15, 0.2) is 48.5 Å². The fourth-order valence-electron chi connectivity index (χ4n) is 3.42. The molecule has 2 aromatic carbocycles. The van der Waals surface area contributed by atoms with Crippen molar-refractivity contribution in [1.29, 1.82) is 0 Å². The minimum atomic E-state index is -0.406. The van der Waals surface area contributed by atoms with E-state index in [9.17, 15) is 0 Å². The zero-order chi connectivity index (χ0) is 22.5. The first kappa shape index (κ1) is 22.6. The van der Waals surface area contributed by atoms with E-state index < -0.39 is 6.10 Å². The van der Waals surface area contributed by atoms with Gasteiger partial charge in [-0.2, -0.15) is 15.0 Å². The van der Waals surface area contributed by atoms with Crippen molar-refractivity contribution >= 4 is 40.8 Å². The summed E-state index contributed by atoms with van der Waals surface area (Å²) in [6.45, 7) is 5.63. The molecule has 4 rings (SSSR count). The number of nitrogens with zero attached hydrogens (tertiary/aromatic N) is 5. The second-order valence-corrected chi connectivity index (χ2v) is 8.53. The Morgan fingerprint density at radius 3 is 2.47 bits per heavy atom. The van der Waals surface area contributed by atoms with Crippen LogP contribution in [0, 0.1) is 0 Å². The first-order valence-electron chi connectivity index (χ1n) is 10.6. The van der Waals surface area contributed by atoms with Crippen LogP contribution in [-0.4, -0.2) is 53.1 Å². The van der Waals surface area contributed by atoms with Crippen molar-refractivity contribution in [3.63, 3.8) is 0 Å². The Bertz CT molecular complexity index is 1040. The SMILES string of the molecule is CCC(Oc1cc(Cl)ccc1Cl)c1nc(Nc2ccccc2)nc(N2CCN(C)CC2)n1. The highest BCUT2D eigenvalue weighted by Gasteiger charge is 2.23. The smallest absolute Gasteiger partial charge is 0.232 e. The average Bonchev–Trinajstić information content (AvgIpc) is 2.80. The van der Waals surface area contributed by atoms with Crippen LogP contribution >= 0.6 is 23.2 Å². The average molecular weight is 473 g/mol. The van der Waals surface area contributed by atoms with Crippen molar-refractivity contribution in [3.8, 4) is 5.75 Å². The van der Waals surface area contributed by atoms with Crippen LogP contribution in [0.3, 0.4) is 0 Å². The molecule has 1 aliphatic heterocycles. The molecule has 0 saturated carbocycles. The molecule has 0 amide bonds. The van der Waals surface area contributed by atoms with Gasteiger partial charge in [-0.25, -0.2) is 0 Å². The molecular formula is C23H26Cl2N6O. The summed E-state index contributed by atoms with van der Waals surface area (Å²) in [5, 5.41) is 4.34. The zero-order valence-electron chi connectivity index (χ0n) is 18.1. The number of anilines is 3. The minimum absolute atomic E-state index is 0.406. The van der Waals surface area contributed by atoms with Crippen molar-refractivity contribution in [1.82, 2.24) is 19.9 Å². The molecule has 1 fully saturated rings. The summed E-state index contributed by atoms with van der Waals surface area (Å²) in [4.78, 5) is 18.7. The molecule has 9 heteroatoms. The Labute approximate surface area is 198 Å². The number of likely N-dealkylation sites (N-methyl/N-ethyl adjacent to an activating group) is 1. The van der Waals surface area contributed by atoms with E-state index in [2.05, 4.69) is 27.1 Å². The number of nitrogens with one attached hydrogen (secondary N) is 1. The van der Waals surface area contributed by atoms with Crippen LogP contribution in [0.4, 0.5) is 17.6 Å². The number of rotatable bonds is 7. The molecule has 0 spiro atoms. The topological polar surface area (TPSA) is 66.4 Å². The number of aromatic nitrogens is 3. The van der Waals surface area contributed by atoms with Gasteiger partial charge in [-0.1, -0.05) is 48.3 Å². The van der Waals surface area contributed by atoms with Gasteiger partial charge in [0.25, 0.3) is 0 Å². The van der Waals surface area contributed by atoms with Crippen molar-refractivity contribution in [3.05, 3.63) is 64.4 Å². The van der Waals surface area contributed by atoms with Gasteiger partial charge in [0.2, 0.25) is 11.9 Å². The summed E-state index contributed by atoms with van der Waals surface area (Å²) in [5.41, 5.74) is 0.904. The van der Waals surface area contributed by atoms with Crippen molar-refractivity contribution in [2.45, 2.75) is 19.4 Å². The van der Waals surface area contributed by atoms with Gasteiger partial charge in [0.15, 0.2) is 11.9 Å². The molecule has 168 valence electrons. The predicted octanol–water partition coefficient (Wildman–Crippen LogP) is 5.20. The molecule has 1 aliphatic rings. The van der Waals surface area contributed by atoms with Gasteiger partial charge in [-0.05, 0) is 37.7 Å².